The second kappa shape index (κ2) is 41.6. The van der Waals surface area contributed by atoms with Crippen molar-refractivity contribution < 1.29 is 38.6 Å². The Morgan fingerprint density at radius 1 is 0.297 bits per heavy atom. The molecule has 0 aromatic heterocycles. The number of nitrogens with zero attached hydrogens (tertiary/aromatic N) is 12. The average molecular weight is 1420 g/mol. The summed E-state index contributed by atoms with van der Waals surface area (Å²) in [5.41, 5.74) is 0. The maximum absolute atomic E-state index is 12.5. The zero-order chi connectivity index (χ0) is 72.0. The van der Waals surface area contributed by atoms with Crippen LogP contribution in [0.1, 0.15) is 219 Å². The van der Waals surface area contributed by atoms with E-state index in [0.29, 0.717) is 90.0 Å². The minimum Gasteiger partial charge on any atom is -0.387 e. The van der Waals surface area contributed by atoms with E-state index < -0.39 is 0 Å². The maximum atomic E-state index is 12.5. The Balaban J connectivity index is 0.000000141. The first-order valence-electron chi connectivity index (χ1n) is 41.9. The summed E-state index contributed by atoms with van der Waals surface area (Å²) in [6, 6.07) is 3.15. The molecule has 2 aliphatic carbocycles. The van der Waals surface area contributed by atoms with Crippen molar-refractivity contribution >= 4 is 35.4 Å². The summed E-state index contributed by atoms with van der Waals surface area (Å²) in [5.74, 6) is 7.02. The zero-order valence-corrected chi connectivity index (χ0v) is 65.5. The molecular formula is C81H146N12O8. The second-order valence-electron chi connectivity index (χ2n) is 34.1. The van der Waals surface area contributed by atoms with Crippen LogP contribution in [-0.4, -0.2) is 316 Å². The number of aliphatic hydroxyl groups is 1. The number of amides is 6. The molecule has 12 heterocycles. The quantitative estimate of drug-likeness (QED) is 0.175. The van der Waals surface area contributed by atoms with Crippen LogP contribution in [0.3, 0.4) is 0 Å². The molecule has 20 nitrogen and oxygen atoms in total. The van der Waals surface area contributed by atoms with Crippen LogP contribution in [0.15, 0.2) is 0 Å². The van der Waals surface area contributed by atoms with Crippen molar-refractivity contribution in [3.05, 3.63) is 0 Å². The predicted octanol–water partition coefficient (Wildman–Crippen LogP) is 8.97. The molecule has 12 aliphatic heterocycles. The van der Waals surface area contributed by atoms with E-state index in [-0.39, 0.29) is 25.0 Å². The van der Waals surface area contributed by atoms with E-state index in [9.17, 15) is 28.8 Å². The van der Waals surface area contributed by atoms with Gasteiger partial charge in [-0.15, -0.1) is 0 Å². The Morgan fingerprint density at radius 3 is 0.782 bits per heavy atom. The fourth-order valence-electron chi connectivity index (χ4n) is 20.3. The fourth-order valence-corrected chi connectivity index (χ4v) is 20.3. The van der Waals surface area contributed by atoms with Gasteiger partial charge in [-0.3, -0.25) is 28.8 Å². The van der Waals surface area contributed by atoms with Crippen molar-refractivity contribution in [3.8, 4) is 0 Å². The minimum absolute atomic E-state index is 0.0820. The van der Waals surface area contributed by atoms with Gasteiger partial charge in [0.2, 0.25) is 35.4 Å². The van der Waals surface area contributed by atoms with Crippen molar-refractivity contribution in [1.82, 2.24) is 58.8 Å². The number of likely N-dealkylation sites (tertiary alicyclic amines) is 12. The van der Waals surface area contributed by atoms with E-state index >= 15 is 0 Å². The largest absolute Gasteiger partial charge is 0.387 e. The number of hydrogen-bond acceptors (Lipinski definition) is 14. The molecule has 12 saturated heterocycles. The standard InChI is InChI=1S/C15H26N2O.C14H24N2O.C14H26N2O.C13H24N2O2.C13H24N2O.C12H22N2O2/c1-16-10-7-12(8-11-16)14-6-3-9-17(14)15(18)13-4-2-5-13;1-15-9-6-11(7-10-15)13-3-2-8-16(13)14(17)12-4-5-12;1-3-5-14(17)16-9-4-6-13(16)12-7-10-15(2)11-8-12;1-14-8-5-11(6-9-14)12-4-3-7-15(12)13(16)10-17-2;1-3-13(16)15-8-4-5-12(15)11-6-9-14(2)10-7-11;1-13-7-4-10(5-8-13)11-3-2-6-14(11)12(16)9-15/h12-14H,2-11H2,1H3;11-13H,2-10H2,1H3;12-13H,3-11H2,1-2H3;11-12H,3-10H2,1-2H3;11-12H,3-10H2,1-2H3;10-11,15H,2-9H2,1H3/t14-;13-;;2*12-;11-/m00.000/s1. The van der Waals surface area contributed by atoms with Gasteiger partial charge in [-0.2, -0.15) is 0 Å². The van der Waals surface area contributed by atoms with Gasteiger partial charge in [-0.1, -0.05) is 20.3 Å². The Hall–Kier alpha value is -3.50. The molecule has 0 radical (unpaired) electrons. The van der Waals surface area contributed by atoms with E-state index in [1.807, 2.05) is 11.8 Å². The number of aliphatic hydroxyl groups excluding tert-OH is 1. The summed E-state index contributed by atoms with van der Waals surface area (Å²) in [6.45, 7) is 24.1. The van der Waals surface area contributed by atoms with Gasteiger partial charge in [-0.05, 0) is 343 Å². The Labute approximate surface area is 613 Å². The van der Waals surface area contributed by atoms with Crippen molar-refractivity contribution in [2.75, 3.05) is 180 Å². The lowest BCUT2D eigenvalue weighted by atomic mass is 9.83. The lowest BCUT2D eigenvalue weighted by Crippen LogP contribution is -2.47. The normalized spacial score (nSPS) is 29.4. The van der Waals surface area contributed by atoms with Crippen LogP contribution in [0.25, 0.3) is 0 Å². The van der Waals surface area contributed by atoms with Gasteiger partial charge in [0, 0.05) is 107 Å². The summed E-state index contributed by atoms with van der Waals surface area (Å²) >= 11 is 0. The highest BCUT2D eigenvalue weighted by Gasteiger charge is 2.44. The number of ether oxygens (including phenoxy) is 1. The molecule has 1 unspecified atom stereocenters. The van der Waals surface area contributed by atoms with E-state index in [0.717, 1.165) is 134 Å². The highest BCUT2D eigenvalue weighted by Crippen LogP contribution is 2.40. The number of carbonyl (C=O) groups excluding carboxylic acids is 6. The first-order chi connectivity index (χ1) is 48.9. The smallest absolute Gasteiger partial charge is 0.248 e. The van der Waals surface area contributed by atoms with Gasteiger partial charge in [0.25, 0.3) is 0 Å². The maximum Gasteiger partial charge on any atom is 0.248 e. The van der Waals surface area contributed by atoms with Crippen LogP contribution in [0.4, 0.5) is 0 Å². The first kappa shape index (κ1) is 81.6. The van der Waals surface area contributed by atoms with Gasteiger partial charge in [0.15, 0.2) is 0 Å². The average Bonchev–Trinajstić information content (AvgIpc) is 1.69. The lowest BCUT2D eigenvalue weighted by Gasteiger charge is -2.39. The van der Waals surface area contributed by atoms with E-state index in [1.165, 1.54) is 207 Å². The van der Waals surface area contributed by atoms with Crippen molar-refractivity contribution in [1.29, 1.82) is 0 Å². The van der Waals surface area contributed by atoms with Crippen LogP contribution in [0.5, 0.6) is 0 Å². The SMILES string of the molecule is CCC(=O)N1CCC[C@H]1C1CCN(C)CC1.CCCC(=O)N1CCCC1C1CCN(C)CC1.CN1CCC([C@@H]2CCCN2C(=O)C2CC2)CC1.CN1CCC([C@@H]2CCCN2C(=O)C2CCC2)CC1.CN1CCC([C@@H]2CCCN2C(=O)CO)CC1.COCC(=O)N1CCC[C@H]1C1CCN(C)CC1. The Kier molecular flexibility index (Phi) is 33.6. The molecule has 0 bridgehead atoms. The Morgan fingerprint density at radius 2 is 0.545 bits per heavy atom. The van der Waals surface area contributed by atoms with Gasteiger partial charge >= 0.3 is 0 Å². The fraction of sp³-hybridized carbons (Fsp3) is 0.926. The molecule has 2 saturated carbocycles. The van der Waals surface area contributed by atoms with Gasteiger partial charge in [-0.25, -0.2) is 0 Å². The molecule has 0 aromatic rings. The van der Waals surface area contributed by atoms with E-state index in [1.54, 1.807) is 7.11 Å². The number of rotatable bonds is 14. The summed E-state index contributed by atoms with van der Waals surface area (Å²) < 4.78 is 4.97. The molecule has 1 N–H and O–H groups in total. The molecule has 6 atom stereocenters. The molecule has 578 valence electrons. The van der Waals surface area contributed by atoms with Crippen LogP contribution in [0, 0.1) is 47.3 Å². The van der Waals surface area contributed by atoms with Crippen LogP contribution >= 0.6 is 0 Å². The van der Waals surface area contributed by atoms with Crippen LogP contribution in [0.2, 0.25) is 0 Å². The van der Waals surface area contributed by atoms with E-state index in [4.69, 9.17) is 9.84 Å². The molecule has 0 aromatic carbocycles. The zero-order valence-electron chi connectivity index (χ0n) is 65.5. The minimum atomic E-state index is -0.330. The van der Waals surface area contributed by atoms with Crippen molar-refractivity contribution in [2.45, 2.75) is 256 Å². The van der Waals surface area contributed by atoms with Crippen molar-refractivity contribution in [3.63, 3.8) is 0 Å². The van der Waals surface area contributed by atoms with Crippen LogP contribution in [-0.2, 0) is 33.5 Å². The molecule has 14 rings (SSSR count). The summed E-state index contributed by atoms with van der Waals surface area (Å²) in [4.78, 5) is 99.4. The van der Waals surface area contributed by atoms with Gasteiger partial charge in [0.05, 0.1) is 0 Å². The number of hydrogen-bond donors (Lipinski definition) is 1. The highest BCUT2D eigenvalue weighted by atomic mass is 16.5. The highest BCUT2D eigenvalue weighted by molar-refractivity contribution is 5.82. The van der Waals surface area contributed by atoms with Gasteiger partial charge in [0.1, 0.15) is 13.2 Å². The topological polar surface area (TPSA) is 171 Å². The molecular weight excluding hydrogens is 1270 g/mol. The molecule has 101 heavy (non-hydrogen) atoms. The Bertz CT molecular complexity index is 2370. The summed E-state index contributed by atoms with van der Waals surface area (Å²) in [6.07, 6.45) is 37.8. The molecule has 6 amide bonds. The molecule has 0 spiro atoms. The number of methoxy groups -OCH3 is 1. The molecule has 20 heteroatoms. The summed E-state index contributed by atoms with van der Waals surface area (Å²) in [7, 11) is 14.7. The third-order valence-electron chi connectivity index (χ3n) is 27.0. The number of piperidine rings is 6. The second-order valence-corrected chi connectivity index (χ2v) is 34.1. The first-order valence-corrected chi connectivity index (χ1v) is 41.9. The van der Waals surface area contributed by atoms with Gasteiger partial charge < -0.3 is 68.6 Å². The monoisotopic (exact) mass is 1420 g/mol. The number of carbonyl (C=O) groups is 6. The van der Waals surface area contributed by atoms with E-state index in [2.05, 4.69) is 103 Å². The summed E-state index contributed by atoms with van der Waals surface area (Å²) in [5, 5.41) is 8.95. The van der Waals surface area contributed by atoms with Crippen LogP contribution < -0.4 is 0 Å². The molecule has 14 fully saturated rings. The predicted molar refractivity (Wildman–Crippen MR) is 404 cm³/mol. The third-order valence-corrected chi connectivity index (χ3v) is 27.0. The third kappa shape index (κ3) is 23.5. The lowest BCUT2D eigenvalue weighted by molar-refractivity contribution is -0.140. The van der Waals surface area contributed by atoms with Crippen molar-refractivity contribution in [2.24, 2.45) is 47.3 Å². The molecule has 14 aliphatic rings.